The summed E-state index contributed by atoms with van der Waals surface area (Å²) in [6.45, 7) is 6.83. The predicted octanol–water partition coefficient (Wildman–Crippen LogP) is 4.28. The number of nitrogens with one attached hydrogen (secondary N) is 2. The zero-order valence-corrected chi connectivity index (χ0v) is 18.7. The molecule has 1 aromatic carbocycles. The maximum atomic E-state index is 12.2. The Labute approximate surface area is 187 Å². The molecule has 162 valence electrons. The zero-order chi connectivity index (χ0) is 22.7. The summed E-state index contributed by atoms with van der Waals surface area (Å²) in [7, 11) is 1.63. The number of fused-ring (bicyclic) bond motifs is 1. The third kappa shape index (κ3) is 4.27. The number of nitrogens with zero attached hydrogens (tertiary/aromatic N) is 4. The summed E-state index contributed by atoms with van der Waals surface area (Å²) >= 11 is 0. The van der Waals surface area contributed by atoms with Crippen molar-refractivity contribution in [1.82, 2.24) is 25.3 Å². The van der Waals surface area contributed by atoms with Gasteiger partial charge in [0.05, 0.1) is 16.8 Å². The van der Waals surface area contributed by atoms with E-state index in [0.717, 1.165) is 44.8 Å². The minimum Gasteiger partial charge on any atom is -0.369 e. The van der Waals surface area contributed by atoms with Crippen molar-refractivity contribution in [3.8, 4) is 11.3 Å². The fraction of sp³-hybridized carbons (Fsp3) is 0.240. The average Bonchev–Trinajstić information content (AvgIpc) is 2.83. The van der Waals surface area contributed by atoms with Gasteiger partial charge in [0.2, 0.25) is 0 Å². The Morgan fingerprint density at radius 3 is 2.69 bits per heavy atom. The van der Waals surface area contributed by atoms with Crippen LogP contribution in [0.15, 0.2) is 55.1 Å². The first-order valence-electron chi connectivity index (χ1n) is 10.6. The topological polar surface area (TPSA) is 92.7 Å². The molecule has 32 heavy (non-hydrogen) atoms. The molecule has 0 bridgehead atoms. The van der Waals surface area contributed by atoms with Crippen LogP contribution >= 0.6 is 0 Å². The van der Waals surface area contributed by atoms with E-state index >= 15 is 0 Å². The van der Waals surface area contributed by atoms with Gasteiger partial charge in [0, 0.05) is 54.6 Å². The molecule has 1 atom stereocenters. The van der Waals surface area contributed by atoms with E-state index in [2.05, 4.69) is 49.6 Å². The molecule has 0 aliphatic carbocycles. The molecule has 7 nitrogen and oxygen atoms in total. The van der Waals surface area contributed by atoms with E-state index in [9.17, 15) is 4.79 Å². The molecule has 0 radical (unpaired) electrons. The van der Waals surface area contributed by atoms with Crippen molar-refractivity contribution in [2.24, 2.45) is 0 Å². The second-order valence-corrected chi connectivity index (χ2v) is 7.88. The first-order chi connectivity index (χ1) is 15.5. The van der Waals surface area contributed by atoms with Gasteiger partial charge in [0.1, 0.15) is 12.1 Å². The molecule has 0 spiro atoms. The number of amides is 1. The summed E-state index contributed by atoms with van der Waals surface area (Å²) in [6.07, 6.45) is 5.08. The average molecular weight is 427 g/mol. The highest BCUT2D eigenvalue weighted by molar-refractivity contribution is 6.06. The molecule has 0 aliphatic rings. The molecule has 0 saturated heterocycles. The maximum Gasteiger partial charge on any atom is 0.251 e. The number of aryl methyl sites for hydroxylation is 2. The molecule has 4 aromatic rings. The van der Waals surface area contributed by atoms with E-state index in [1.165, 1.54) is 0 Å². The molecule has 2 N–H and O–H groups in total. The molecule has 0 saturated carbocycles. The Morgan fingerprint density at radius 2 is 1.91 bits per heavy atom. The third-order valence-corrected chi connectivity index (χ3v) is 5.70. The number of hydrogen-bond donors (Lipinski definition) is 2. The fourth-order valence-electron chi connectivity index (χ4n) is 3.69. The second-order valence-electron chi connectivity index (χ2n) is 7.88. The number of carbonyl (C=O) groups excluding carboxylic acids is 1. The third-order valence-electron chi connectivity index (χ3n) is 5.70. The number of hydrogen-bond acceptors (Lipinski definition) is 6. The van der Waals surface area contributed by atoms with Crippen LogP contribution in [0, 0.1) is 13.8 Å². The molecule has 3 heterocycles. The lowest BCUT2D eigenvalue weighted by atomic mass is 9.96. The van der Waals surface area contributed by atoms with Crippen LogP contribution in [0.4, 0.5) is 5.82 Å². The summed E-state index contributed by atoms with van der Waals surface area (Å²) in [6, 6.07) is 11.7. The monoisotopic (exact) mass is 426 g/mol. The van der Waals surface area contributed by atoms with Gasteiger partial charge in [-0.25, -0.2) is 9.97 Å². The molecular formula is C25H26N6O. The van der Waals surface area contributed by atoms with Gasteiger partial charge in [-0.05, 0) is 37.1 Å². The molecule has 0 aliphatic heterocycles. The van der Waals surface area contributed by atoms with E-state index < -0.39 is 0 Å². The Kier molecular flexibility index (Phi) is 6.07. The maximum absolute atomic E-state index is 12.2. The molecule has 0 fully saturated rings. The van der Waals surface area contributed by atoms with Crippen molar-refractivity contribution in [2.45, 2.75) is 26.7 Å². The Balaban J connectivity index is 1.56. The summed E-state index contributed by atoms with van der Waals surface area (Å²) in [5.74, 6) is 0.779. The molecule has 4 rings (SSSR count). The second kappa shape index (κ2) is 9.09. The van der Waals surface area contributed by atoms with E-state index in [4.69, 9.17) is 0 Å². The van der Waals surface area contributed by atoms with Crippen LogP contribution in [0.3, 0.4) is 0 Å². The number of benzene rings is 1. The van der Waals surface area contributed by atoms with Gasteiger partial charge >= 0.3 is 0 Å². The van der Waals surface area contributed by atoms with Crippen LogP contribution in [-0.4, -0.2) is 39.4 Å². The van der Waals surface area contributed by atoms with Gasteiger partial charge in [-0.3, -0.25) is 14.8 Å². The molecular weight excluding hydrogens is 400 g/mol. The normalized spacial score (nSPS) is 11.9. The van der Waals surface area contributed by atoms with Crippen molar-refractivity contribution >= 4 is 22.6 Å². The fourth-order valence-corrected chi connectivity index (χ4v) is 3.69. The van der Waals surface area contributed by atoms with Crippen LogP contribution in [0.2, 0.25) is 0 Å². The van der Waals surface area contributed by atoms with Gasteiger partial charge in [-0.1, -0.05) is 25.1 Å². The Hall–Kier alpha value is -3.87. The number of aromatic nitrogens is 4. The number of carbonyl (C=O) groups is 1. The van der Waals surface area contributed by atoms with Crippen LogP contribution < -0.4 is 10.6 Å². The zero-order valence-electron chi connectivity index (χ0n) is 18.7. The van der Waals surface area contributed by atoms with Crippen molar-refractivity contribution in [1.29, 1.82) is 0 Å². The van der Waals surface area contributed by atoms with Crippen molar-refractivity contribution < 1.29 is 4.79 Å². The van der Waals surface area contributed by atoms with Gasteiger partial charge < -0.3 is 10.6 Å². The van der Waals surface area contributed by atoms with E-state index in [1.807, 2.05) is 38.2 Å². The van der Waals surface area contributed by atoms with Gasteiger partial charge in [-0.15, -0.1) is 0 Å². The van der Waals surface area contributed by atoms with E-state index in [-0.39, 0.29) is 11.8 Å². The first-order valence-corrected chi connectivity index (χ1v) is 10.6. The summed E-state index contributed by atoms with van der Waals surface area (Å²) in [5.41, 5.74) is 6.48. The van der Waals surface area contributed by atoms with Crippen LogP contribution in [-0.2, 0) is 0 Å². The Morgan fingerprint density at radius 1 is 1.06 bits per heavy atom. The van der Waals surface area contributed by atoms with Crippen molar-refractivity contribution in [3.05, 3.63) is 77.5 Å². The SMILES string of the molecule is CNC(=O)c1ccnc2c(C(C)CNc3cc(-c4cnc(C)c(C)c4)ncn3)cccc12. The number of rotatable bonds is 6. The highest BCUT2D eigenvalue weighted by Crippen LogP contribution is 2.27. The van der Waals surface area contributed by atoms with Crippen LogP contribution in [0.25, 0.3) is 22.2 Å². The molecule has 1 amide bonds. The van der Waals surface area contributed by atoms with Crippen molar-refractivity contribution in [3.63, 3.8) is 0 Å². The van der Waals surface area contributed by atoms with Gasteiger partial charge in [0.15, 0.2) is 0 Å². The van der Waals surface area contributed by atoms with Crippen molar-refractivity contribution in [2.75, 3.05) is 18.9 Å². The highest BCUT2D eigenvalue weighted by Gasteiger charge is 2.15. The lowest BCUT2D eigenvalue weighted by Gasteiger charge is -2.16. The number of anilines is 1. The van der Waals surface area contributed by atoms with Crippen LogP contribution in [0.1, 0.15) is 40.0 Å². The largest absolute Gasteiger partial charge is 0.369 e. The smallest absolute Gasteiger partial charge is 0.251 e. The quantitative estimate of drug-likeness (QED) is 0.478. The minimum atomic E-state index is -0.116. The van der Waals surface area contributed by atoms with Gasteiger partial charge in [-0.2, -0.15) is 0 Å². The summed E-state index contributed by atoms with van der Waals surface area (Å²) in [4.78, 5) is 30.0. The summed E-state index contributed by atoms with van der Waals surface area (Å²) in [5, 5.41) is 6.96. The standard InChI is InChI=1S/C25H26N6O/c1-15-10-18(13-28-17(15)3)22-11-23(31-14-30-22)29-12-16(2)19-6-5-7-20-21(25(32)26-4)8-9-27-24(19)20/h5-11,13-14,16H,12H2,1-4H3,(H,26,32)(H,29,30,31). The lowest BCUT2D eigenvalue weighted by Crippen LogP contribution is -2.18. The molecule has 7 heteroatoms. The molecule has 1 unspecified atom stereocenters. The number of pyridine rings is 2. The van der Waals surface area contributed by atoms with E-state index in [0.29, 0.717) is 12.1 Å². The minimum absolute atomic E-state index is 0.116. The first kappa shape index (κ1) is 21.4. The highest BCUT2D eigenvalue weighted by atomic mass is 16.1. The van der Waals surface area contributed by atoms with Gasteiger partial charge in [0.25, 0.3) is 5.91 Å². The summed E-state index contributed by atoms with van der Waals surface area (Å²) < 4.78 is 0. The lowest BCUT2D eigenvalue weighted by molar-refractivity contribution is 0.0964. The van der Waals surface area contributed by atoms with Crippen LogP contribution in [0.5, 0.6) is 0 Å². The Bertz CT molecular complexity index is 1290. The number of para-hydroxylation sites is 1. The predicted molar refractivity (Wildman–Crippen MR) is 127 cm³/mol. The van der Waals surface area contributed by atoms with E-state index in [1.54, 1.807) is 25.6 Å². The molecule has 3 aromatic heterocycles.